The molecule has 0 aromatic carbocycles. The first kappa shape index (κ1) is 11.7. The second-order valence-corrected chi connectivity index (χ2v) is 3.23. The monoisotopic (exact) mass is 179 g/mol. The Morgan fingerprint density at radius 1 is 1.15 bits per heavy atom. The fraction of sp³-hybridized carbons (Fsp3) is 0.364. The molecular formula is C11H17NO. The van der Waals surface area contributed by atoms with E-state index in [0.717, 1.165) is 5.57 Å². The lowest BCUT2D eigenvalue weighted by atomic mass is 10.2. The van der Waals surface area contributed by atoms with E-state index < -0.39 is 0 Å². The van der Waals surface area contributed by atoms with Crippen molar-refractivity contribution in [3.8, 4) is 0 Å². The normalized spacial score (nSPS) is 10.6. The fourth-order valence-corrected chi connectivity index (χ4v) is 0.622. The lowest BCUT2D eigenvalue weighted by Crippen LogP contribution is -2.02. The fourth-order valence-electron chi connectivity index (χ4n) is 0.622. The van der Waals surface area contributed by atoms with Crippen LogP contribution in [0.5, 0.6) is 0 Å². The Morgan fingerprint density at radius 2 is 1.69 bits per heavy atom. The molecule has 0 heterocycles. The number of hydrogen-bond acceptors (Lipinski definition) is 2. The highest BCUT2D eigenvalue weighted by molar-refractivity contribution is 5.91. The van der Waals surface area contributed by atoms with E-state index in [2.05, 4.69) is 6.58 Å². The highest BCUT2D eigenvalue weighted by atomic mass is 16.5. The molecule has 1 N–H and O–H groups in total. The highest BCUT2D eigenvalue weighted by Gasteiger charge is 1.99. The summed E-state index contributed by atoms with van der Waals surface area (Å²) < 4.78 is 5.04. The first-order chi connectivity index (χ1) is 5.93. The van der Waals surface area contributed by atoms with Gasteiger partial charge in [0.15, 0.2) is 0 Å². The van der Waals surface area contributed by atoms with Gasteiger partial charge >= 0.3 is 0 Å². The molecule has 0 aromatic heterocycles. The molecule has 0 saturated heterocycles. The van der Waals surface area contributed by atoms with Crippen molar-refractivity contribution < 1.29 is 4.74 Å². The van der Waals surface area contributed by atoms with Crippen LogP contribution in [0.1, 0.15) is 27.7 Å². The summed E-state index contributed by atoms with van der Waals surface area (Å²) in [6.45, 7) is 11.1. The third-order valence-corrected chi connectivity index (χ3v) is 1.30. The molecule has 0 spiro atoms. The minimum absolute atomic E-state index is 0.157. The minimum Gasteiger partial charge on any atom is -0.445 e. The molecule has 0 saturated carbocycles. The van der Waals surface area contributed by atoms with E-state index in [9.17, 15) is 0 Å². The van der Waals surface area contributed by atoms with Crippen LogP contribution in [0, 0.1) is 5.41 Å². The molecule has 72 valence electrons. The van der Waals surface area contributed by atoms with Crippen LogP contribution in [0.3, 0.4) is 0 Å². The van der Waals surface area contributed by atoms with Gasteiger partial charge in [-0.3, -0.25) is 5.41 Å². The molecule has 2 heteroatoms. The molecule has 0 amide bonds. The van der Waals surface area contributed by atoms with Crippen LogP contribution in [0.25, 0.3) is 0 Å². The summed E-state index contributed by atoms with van der Waals surface area (Å²) in [4.78, 5) is 0. The van der Waals surface area contributed by atoms with Gasteiger partial charge in [0.05, 0.1) is 5.76 Å². The molecular weight excluding hydrogens is 162 g/mol. The van der Waals surface area contributed by atoms with Crippen LogP contribution in [-0.2, 0) is 4.74 Å². The summed E-state index contributed by atoms with van der Waals surface area (Å²) in [5, 5.41) is 7.49. The van der Waals surface area contributed by atoms with Gasteiger partial charge < -0.3 is 4.74 Å². The summed E-state index contributed by atoms with van der Waals surface area (Å²) in [7, 11) is 0. The lowest BCUT2D eigenvalue weighted by molar-refractivity contribution is 0.416. The zero-order valence-corrected chi connectivity index (χ0v) is 8.77. The third kappa shape index (κ3) is 5.91. The van der Waals surface area contributed by atoms with E-state index in [-0.39, 0.29) is 5.90 Å². The van der Waals surface area contributed by atoms with Crippen molar-refractivity contribution in [2.75, 3.05) is 0 Å². The van der Waals surface area contributed by atoms with Gasteiger partial charge in [0.1, 0.15) is 0 Å². The minimum atomic E-state index is 0.157. The maximum Gasteiger partial charge on any atom is 0.214 e. The van der Waals surface area contributed by atoms with Crippen LogP contribution in [0.15, 0.2) is 35.6 Å². The van der Waals surface area contributed by atoms with Crippen LogP contribution in [-0.4, -0.2) is 5.90 Å². The summed E-state index contributed by atoms with van der Waals surface area (Å²) in [5.41, 5.74) is 1.99. The Kier molecular flexibility index (Phi) is 4.82. The van der Waals surface area contributed by atoms with Gasteiger partial charge in [-0.1, -0.05) is 24.3 Å². The molecule has 13 heavy (non-hydrogen) atoms. The topological polar surface area (TPSA) is 33.1 Å². The second kappa shape index (κ2) is 5.36. The van der Waals surface area contributed by atoms with E-state index in [4.69, 9.17) is 10.1 Å². The number of hydrogen-bond donors (Lipinski definition) is 1. The quantitative estimate of drug-likeness (QED) is 0.306. The molecule has 0 aliphatic carbocycles. The molecule has 0 aromatic rings. The van der Waals surface area contributed by atoms with Crippen molar-refractivity contribution in [3.63, 3.8) is 0 Å². The Morgan fingerprint density at radius 3 is 2.08 bits per heavy atom. The van der Waals surface area contributed by atoms with Gasteiger partial charge in [-0.25, -0.2) is 0 Å². The maximum atomic E-state index is 7.49. The van der Waals surface area contributed by atoms with E-state index in [1.54, 1.807) is 6.92 Å². The predicted molar refractivity (Wildman–Crippen MR) is 56.8 cm³/mol. The maximum absolute atomic E-state index is 7.49. The van der Waals surface area contributed by atoms with Crippen LogP contribution in [0.4, 0.5) is 0 Å². The molecule has 0 aliphatic heterocycles. The van der Waals surface area contributed by atoms with Crippen molar-refractivity contribution >= 4 is 5.90 Å². The summed E-state index contributed by atoms with van der Waals surface area (Å²) >= 11 is 0. The Labute approximate surface area is 80.1 Å². The molecule has 0 radical (unpaired) electrons. The van der Waals surface area contributed by atoms with E-state index >= 15 is 0 Å². The molecule has 0 aliphatic rings. The Balaban J connectivity index is 4.34. The van der Waals surface area contributed by atoms with Gasteiger partial charge in [-0.2, -0.15) is 0 Å². The van der Waals surface area contributed by atoms with Crippen molar-refractivity contribution in [3.05, 3.63) is 35.6 Å². The van der Waals surface area contributed by atoms with Crippen molar-refractivity contribution in [1.29, 1.82) is 5.41 Å². The molecule has 0 atom stereocenters. The molecule has 0 rings (SSSR count). The smallest absolute Gasteiger partial charge is 0.214 e. The van der Waals surface area contributed by atoms with Crippen molar-refractivity contribution in [2.24, 2.45) is 0 Å². The molecule has 0 fully saturated rings. The largest absolute Gasteiger partial charge is 0.445 e. The third-order valence-electron chi connectivity index (χ3n) is 1.30. The van der Waals surface area contributed by atoms with E-state index in [1.807, 2.05) is 32.9 Å². The molecule has 0 unspecified atom stereocenters. The van der Waals surface area contributed by atoms with Gasteiger partial charge in [0.2, 0.25) is 5.90 Å². The number of ether oxygens (including phenoxy) is 1. The number of nitrogens with one attached hydrogen (secondary N) is 1. The highest BCUT2D eigenvalue weighted by Crippen LogP contribution is 2.03. The summed E-state index contributed by atoms with van der Waals surface area (Å²) in [6.07, 6.45) is 3.81. The first-order valence-corrected chi connectivity index (χ1v) is 4.17. The van der Waals surface area contributed by atoms with Crippen molar-refractivity contribution in [1.82, 2.24) is 0 Å². The second-order valence-electron chi connectivity index (χ2n) is 3.23. The van der Waals surface area contributed by atoms with Crippen molar-refractivity contribution in [2.45, 2.75) is 27.7 Å². The lowest BCUT2D eigenvalue weighted by Gasteiger charge is -2.04. The molecule has 0 bridgehead atoms. The van der Waals surface area contributed by atoms with E-state index in [1.165, 1.54) is 5.57 Å². The van der Waals surface area contributed by atoms with Crippen LogP contribution < -0.4 is 0 Å². The summed E-state index contributed by atoms with van der Waals surface area (Å²) in [5.74, 6) is 0.694. The Bertz CT molecular complexity index is 268. The predicted octanol–water partition coefficient (Wildman–Crippen LogP) is 3.43. The number of allylic oxidation sites excluding steroid dienone is 4. The first-order valence-electron chi connectivity index (χ1n) is 4.17. The Hall–Kier alpha value is -1.31. The van der Waals surface area contributed by atoms with Gasteiger partial charge in [0, 0.05) is 5.57 Å². The van der Waals surface area contributed by atoms with E-state index in [0.29, 0.717) is 5.76 Å². The van der Waals surface area contributed by atoms with Crippen LogP contribution >= 0.6 is 0 Å². The van der Waals surface area contributed by atoms with Gasteiger partial charge in [-0.15, -0.1) is 0 Å². The summed E-state index contributed by atoms with van der Waals surface area (Å²) in [6, 6.07) is 0. The van der Waals surface area contributed by atoms with Crippen LogP contribution in [0.2, 0.25) is 0 Å². The average Bonchev–Trinajstić information content (AvgIpc) is 1.98. The average molecular weight is 179 g/mol. The van der Waals surface area contributed by atoms with Gasteiger partial charge in [0.25, 0.3) is 0 Å². The SMILES string of the molecule is C=C(C)OC(=N)C(C)=CC=C(C)C. The number of rotatable bonds is 3. The zero-order valence-electron chi connectivity index (χ0n) is 8.77. The van der Waals surface area contributed by atoms with Gasteiger partial charge in [-0.05, 0) is 27.7 Å². The standard InChI is InChI=1S/C11H17NO/c1-8(2)6-7-10(5)11(12)13-9(3)4/h6-7,12H,3H2,1-2,4-5H3. The zero-order chi connectivity index (χ0) is 10.4. The molecule has 2 nitrogen and oxygen atoms in total.